The number of carbonyl (C=O) groups excluding carboxylic acids is 2. The van der Waals surface area contributed by atoms with E-state index < -0.39 is 0 Å². The number of amides is 2. The van der Waals surface area contributed by atoms with Gasteiger partial charge in [-0.25, -0.2) is 0 Å². The second-order valence-corrected chi connectivity index (χ2v) is 7.21. The number of hydrogen-bond donors (Lipinski definition) is 2. The second-order valence-electron chi connectivity index (χ2n) is 7.21. The molecule has 2 saturated heterocycles. The van der Waals surface area contributed by atoms with Crippen LogP contribution in [0.2, 0.25) is 0 Å². The number of nitrogens with one attached hydrogen (secondary N) is 2. The Labute approximate surface area is 140 Å². The molecular weight excluding hydrogens is 290 g/mol. The first-order valence-corrected chi connectivity index (χ1v) is 9.39. The molecule has 23 heavy (non-hydrogen) atoms. The highest BCUT2D eigenvalue weighted by Gasteiger charge is 2.32. The standard InChI is InChI=1S/C18H33N3O2/c1-3-4-10-20-18(23)16-7-5-14(2)21(13-16)17(22)8-6-15-9-11-19-12-15/h14-16,19H,3-13H2,1-2H3,(H,20,23). The number of likely N-dealkylation sites (tertiary alicyclic amines) is 1. The molecule has 2 aliphatic rings. The highest BCUT2D eigenvalue weighted by Crippen LogP contribution is 2.24. The van der Waals surface area contributed by atoms with Crippen LogP contribution < -0.4 is 10.6 Å². The highest BCUT2D eigenvalue weighted by atomic mass is 16.2. The molecule has 3 atom stereocenters. The Bertz CT molecular complexity index is 394. The summed E-state index contributed by atoms with van der Waals surface area (Å²) in [6, 6.07) is 0.267. The summed E-state index contributed by atoms with van der Waals surface area (Å²) in [6.07, 6.45) is 6.72. The molecule has 3 unspecified atom stereocenters. The van der Waals surface area contributed by atoms with Crippen LogP contribution in [0.25, 0.3) is 0 Å². The Balaban J connectivity index is 1.79. The van der Waals surface area contributed by atoms with Crippen LogP contribution in [-0.2, 0) is 9.59 Å². The third-order valence-corrected chi connectivity index (χ3v) is 5.33. The lowest BCUT2D eigenvalue weighted by Crippen LogP contribution is -2.49. The molecule has 2 N–H and O–H groups in total. The summed E-state index contributed by atoms with van der Waals surface area (Å²) in [7, 11) is 0. The van der Waals surface area contributed by atoms with Crippen molar-refractivity contribution in [1.82, 2.24) is 15.5 Å². The minimum absolute atomic E-state index is 0.0276. The summed E-state index contributed by atoms with van der Waals surface area (Å²) < 4.78 is 0. The largest absolute Gasteiger partial charge is 0.356 e. The first-order chi connectivity index (χ1) is 11.1. The average Bonchev–Trinajstić information content (AvgIpc) is 3.06. The van der Waals surface area contributed by atoms with Crippen molar-refractivity contribution >= 4 is 11.8 Å². The predicted molar refractivity (Wildman–Crippen MR) is 92.0 cm³/mol. The zero-order valence-corrected chi connectivity index (χ0v) is 14.8. The average molecular weight is 323 g/mol. The van der Waals surface area contributed by atoms with Crippen LogP contribution in [0.15, 0.2) is 0 Å². The molecule has 2 amide bonds. The molecule has 0 saturated carbocycles. The van der Waals surface area contributed by atoms with Gasteiger partial charge < -0.3 is 15.5 Å². The van der Waals surface area contributed by atoms with Crippen molar-refractivity contribution in [3.05, 3.63) is 0 Å². The van der Waals surface area contributed by atoms with Crippen molar-refractivity contribution in [2.75, 3.05) is 26.2 Å². The summed E-state index contributed by atoms with van der Waals surface area (Å²) in [6.45, 7) is 7.71. The fourth-order valence-corrected chi connectivity index (χ4v) is 3.63. The normalized spacial score (nSPS) is 27.9. The molecule has 2 aliphatic heterocycles. The minimum Gasteiger partial charge on any atom is -0.356 e. The number of carbonyl (C=O) groups is 2. The van der Waals surface area contributed by atoms with Gasteiger partial charge in [-0.3, -0.25) is 9.59 Å². The van der Waals surface area contributed by atoms with E-state index in [4.69, 9.17) is 0 Å². The molecule has 5 heteroatoms. The molecule has 0 aromatic heterocycles. The zero-order valence-electron chi connectivity index (χ0n) is 14.8. The van der Waals surface area contributed by atoms with Gasteiger partial charge in [0.15, 0.2) is 0 Å². The molecule has 0 spiro atoms. The molecule has 0 aliphatic carbocycles. The van der Waals surface area contributed by atoms with E-state index in [0.29, 0.717) is 18.9 Å². The quantitative estimate of drug-likeness (QED) is 0.704. The zero-order chi connectivity index (χ0) is 16.7. The van der Waals surface area contributed by atoms with E-state index in [0.717, 1.165) is 51.7 Å². The van der Waals surface area contributed by atoms with Gasteiger partial charge in [-0.05, 0) is 58.0 Å². The molecule has 0 aromatic carbocycles. The summed E-state index contributed by atoms with van der Waals surface area (Å²) in [5.41, 5.74) is 0. The lowest BCUT2D eigenvalue weighted by atomic mass is 9.91. The van der Waals surface area contributed by atoms with Gasteiger partial charge in [0, 0.05) is 25.6 Å². The maximum Gasteiger partial charge on any atom is 0.224 e. The maximum absolute atomic E-state index is 12.6. The van der Waals surface area contributed by atoms with Crippen LogP contribution in [0.1, 0.15) is 58.8 Å². The molecule has 5 nitrogen and oxygen atoms in total. The lowest BCUT2D eigenvalue weighted by Gasteiger charge is -2.37. The fourth-order valence-electron chi connectivity index (χ4n) is 3.63. The number of unbranched alkanes of at least 4 members (excludes halogenated alkanes) is 1. The predicted octanol–water partition coefficient (Wildman–Crippen LogP) is 1.92. The van der Waals surface area contributed by atoms with Gasteiger partial charge in [0.2, 0.25) is 11.8 Å². The van der Waals surface area contributed by atoms with Gasteiger partial charge in [-0.15, -0.1) is 0 Å². The van der Waals surface area contributed by atoms with E-state index in [1.165, 1.54) is 6.42 Å². The van der Waals surface area contributed by atoms with E-state index in [9.17, 15) is 9.59 Å². The molecule has 2 rings (SSSR count). The smallest absolute Gasteiger partial charge is 0.224 e. The van der Waals surface area contributed by atoms with Gasteiger partial charge in [-0.1, -0.05) is 13.3 Å². The Morgan fingerprint density at radius 3 is 2.78 bits per heavy atom. The molecular formula is C18H33N3O2. The number of hydrogen-bond acceptors (Lipinski definition) is 3. The monoisotopic (exact) mass is 323 g/mol. The minimum atomic E-state index is -0.0276. The van der Waals surface area contributed by atoms with Gasteiger partial charge >= 0.3 is 0 Å². The Morgan fingerprint density at radius 2 is 2.09 bits per heavy atom. The van der Waals surface area contributed by atoms with Crippen LogP contribution in [0.4, 0.5) is 0 Å². The Morgan fingerprint density at radius 1 is 1.26 bits per heavy atom. The Kier molecular flexibility index (Phi) is 7.34. The fraction of sp³-hybridized carbons (Fsp3) is 0.889. The van der Waals surface area contributed by atoms with Crippen molar-refractivity contribution in [2.24, 2.45) is 11.8 Å². The first-order valence-electron chi connectivity index (χ1n) is 9.39. The van der Waals surface area contributed by atoms with Crippen molar-refractivity contribution in [3.63, 3.8) is 0 Å². The van der Waals surface area contributed by atoms with Crippen LogP contribution in [-0.4, -0.2) is 48.9 Å². The van der Waals surface area contributed by atoms with Crippen molar-refractivity contribution < 1.29 is 9.59 Å². The molecule has 0 radical (unpaired) electrons. The summed E-state index contributed by atoms with van der Waals surface area (Å²) in [5, 5.41) is 6.37. The van der Waals surface area contributed by atoms with Crippen LogP contribution >= 0.6 is 0 Å². The van der Waals surface area contributed by atoms with Gasteiger partial charge in [0.25, 0.3) is 0 Å². The molecule has 132 valence electrons. The van der Waals surface area contributed by atoms with E-state index in [2.05, 4.69) is 24.5 Å². The third-order valence-electron chi connectivity index (χ3n) is 5.33. The highest BCUT2D eigenvalue weighted by molar-refractivity contribution is 5.81. The number of nitrogens with zero attached hydrogens (tertiary/aromatic N) is 1. The maximum atomic E-state index is 12.6. The van der Waals surface area contributed by atoms with E-state index in [-0.39, 0.29) is 23.8 Å². The van der Waals surface area contributed by atoms with E-state index in [1.54, 1.807) is 0 Å². The second kappa shape index (κ2) is 9.26. The third kappa shape index (κ3) is 5.48. The topological polar surface area (TPSA) is 61.4 Å². The molecule has 0 aromatic rings. The number of piperidine rings is 1. The Hall–Kier alpha value is -1.10. The van der Waals surface area contributed by atoms with Crippen LogP contribution in [0, 0.1) is 11.8 Å². The van der Waals surface area contributed by atoms with Crippen LogP contribution in [0.3, 0.4) is 0 Å². The van der Waals surface area contributed by atoms with Crippen molar-refractivity contribution in [3.8, 4) is 0 Å². The van der Waals surface area contributed by atoms with Crippen molar-refractivity contribution in [1.29, 1.82) is 0 Å². The molecule has 0 bridgehead atoms. The van der Waals surface area contributed by atoms with E-state index >= 15 is 0 Å². The first kappa shape index (κ1) is 18.2. The van der Waals surface area contributed by atoms with Crippen LogP contribution in [0.5, 0.6) is 0 Å². The lowest BCUT2D eigenvalue weighted by molar-refractivity contribution is -0.138. The number of rotatable bonds is 7. The van der Waals surface area contributed by atoms with Crippen molar-refractivity contribution in [2.45, 2.75) is 64.8 Å². The summed E-state index contributed by atoms with van der Waals surface area (Å²) >= 11 is 0. The SMILES string of the molecule is CCCCNC(=O)C1CCC(C)N(C(=O)CCC2CCNC2)C1. The van der Waals surface area contributed by atoms with Gasteiger partial charge in [0.1, 0.15) is 0 Å². The summed E-state index contributed by atoms with van der Waals surface area (Å²) in [5.74, 6) is 0.978. The molecule has 2 heterocycles. The molecule has 2 fully saturated rings. The van der Waals surface area contributed by atoms with Gasteiger partial charge in [-0.2, -0.15) is 0 Å². The summed E-state index contributed by atoms with van der Waals surface area (Å²) in [4.78, 5) is 26.8. The van der Waals surface area contributed by atoms with Gasteiger partial charge in [0.05, 0.1) is 5.92 Å². The van der Waals surface area contributed by atoms with E-state index in [1.807, 2.05) is 4.90 Å².